The molecule has 4 aromatic rings. The topological polar surface area (TPSA) is 114 Å². The van der Waals surface area contributed by atoms with Gasteiger partial charge in [-0.25, -0.2) is 4.98 Å². The Bertz CT molecular complexity index is 1140. The van der Waals surface area contributed by atoms with E-state index in [1.54, 1.807) is 35.8 Å². The van der Waals surface area contributed by atoms with Crippen molar-refractivity contribution in [2.75, 3.05) is 5.32 Å². The second-order valence-corrected chi connectivity index (χ2v) is 6.68. The van der Waals surface area contributed by atoms with Crippen LogP contribution in [0.2, 0.25) is 5.02 Å². The van der Waals surface area contributed by atoms with Crippen molar-refractivity contribution in [3.63, 3.8) is 0 Å². The zero-order valence-corrected chi connectivity index (χ0v) is 14.6. The van der Waals surface area contributed by atoms with Crippen molar-refractivity contribution in [2.24, 2.45) is 5.73 Å². The highest BCUT2D eigenvalue weighted by Crippen LogP contribution is 2.29. The predicted octanol–water partition coefficient (Wildman–Crippen LogP) is 3.89. The fourth-order valence-electron chi connectivity index (χ4n) is 2.54. The number of fused-ring (bicyclic) bond motifs is 1. The average molecular weight is 387 g/mol. The Morgan fingerprint density at radius 2 is 2.15 bits per heavy atom. The third-order valence-electron chi connectivity index (χ3n) is 3.78. The first-order chi connectivity index (χ1) is 12.5. The van der Waals surface area contributed by atoms with Crippen LogP contribution in [0, 0.1) is 0 Å². The number of halogens is 1. The fourth-order valence-corrected chi connectivity index (χ4v) is 3.46. The lowest BCUT2D eigenvalue weighted by molar-refractivity contribution is 0.0994. The highest BCUT2D eigenvalue weighted by molar-refractivity contribution is 7.14. The summed E-state index contributed by atoms with van der Waals surface area (Å²) in [6.07, 6.45) is 3.12. The summed E-state index contributed by atoms with van der Waals surface area (Å²) >= 11 is 7.33. The normalized spacial score (nSPS) is 11.0. The Labute approximate surface area is 155 Å². The van der Waals surface area contributed by atoms with Crippen molar-refractivity contribution in [3.8, 4) is 11.3 Å². The molecule has 0 aliphatic rings. The molecule has 130 valence electrons. The largest absolute Gasteiger partial charge is 0.463 e. The van der Waals surface area contributed by atoms with Crippen LogP contribution in [0.3, 0.4) is 0 Å². The summed E-state index contributed by atoms with van der Waals surface area (Å²) in [5.74, 6) is -0.868. The Morgan fingerprint density at radius 1 is 1.31 bits per heavy atom. The lowest BCUT2D eigenvalue weighted by Crippen LogP contribution is -2.12. The molecular weight excluding hydrogens is 376 g/mol. The molecule has 26 heavy (non-hydrogen) atoms. The molecule has 4 rings (SSSR count). The number of aromatic nitrogens is 2. The van der Waals surface area contributed by atoms with Crippen molar-refractivity contribution in [2.45, 2.75) is 0 Å². The van der Waals surface area contributed by atoms with Crippen LogP contribution in [0.15, 0.2) is 46.5 Å². The van der Waals surface area contributed by atoms with Crippen LogP contribution in [-0.4, -0.2) is 21.8 Å². The highest BCUT2D eigenvalue weighted by Gasteiger charge is 2.16. The number of furan rings is 1. The molecule has 3 heterocycles. The Balaban J connectivity index is 1.58. The first-order valence-electron chi connectivity index (χ1n) is 7.44. The maximum Gasteiger partial charge on any atom is 0.265 e. The van der Waals surface area contributed by atoms with Gasteiger partial charge in [0.25, 0.3) is 11.8 Å². The number of hydrogen-bond acceptors (Lipinski definition) is 5. The van der Waals surface area contributed by atoms with Crippen LogP contribution < -0.4 is 11.1 Å². The van der Waals surface area contributed by atoms with E-state index in [1.807, 2.05) is 0 Å². The van der Waals surface area contributed by atoms with E-state index in [0.29, 0.717) is 43.6 Å². The number of primary amides is 1. The van der Waals surface area contributed by atoms with E-state index in [-0.39, 0.29) is 5.91 Å². The van der Waals surface area contributed by atoms with Gasteiger partial charge in [0.05, 0.1) is 22.5 Å². The van der Waals surface area contributed by atoms with E-state index in [1.165, 1.54) is 17.6 Å². The molecule has 0 aliphatic heterocycles. The Morgan fingerprint density at radius 3 is 2.92 bits per heavy atom. The number of benzene rings is 1. The van der Waals surface area contributed by atoms with Gasteiger partial charge in [-0.2, -0.15) is 0 Å². The molecule has 0 radical (unpaired) electrons. The molecule has 0 atom stereocenters. The molecule has 7 nitrogen and oxygen atoms in total. The van der Waals surface area contributed by atoms with Crippen LogP contribution in [0.4, 0.5) is 5.13 Å². The molecule has 0 saturated heterocycles. The van der Waals surface area contributed by atoms with Crippen LogP contribution in [0.1, 0.15) is 20.8 Å². The van der Waals surface area contributed by atoms with Gasteiger partial charge in [-0.05, 0) is 24.3 Å². The molecule has 9 heteroatoms. The summed E-state index contributed by atoms with van der Waals surface area (Å²) in [7, 11) is 0. The quantitative estimate of drug-likeness (QED) is 0.493. The molecule has 3 aromatic heterocycles. The van der Waals surface area contributed by atoms with Gasteiger partial charge in [0, 0.05) is 22.5 Å². The van der Waals surface area contributed by atoms with Gasteiger partial charge >= 0.3 is 0 Å². The van der Waals surface area contributed by atoms with Gasteiger partial charge in [0.2, 0.25) is 0 Å². The average Bonchev–Trinajstić information content (AvgIpc) is 3.35. The molecular formula is C17H11ClN4O3S. The molecule has 0 bridgehead atoms. The fraction of sp³-hybridized carbons (Fsp3) is 0. The van der Waals surface area contributed by atoms with E-state index >= 15 is 0 Å². The second kappa shape index (κ2) is 6.32. The third-order valence-corrected chi connectivity index (χ3v) is 4.84. The molecule has 0 unspecified atom stereocenters. The summed E-state index contributed by atoms with van der Waals surface area (Å²) in [6, 6.07) is 6.54. The van der Waals surface area contributed by atoms with Crippen LogP contribution in [0.25, 0.3) is 22.2 Å². The molecule has 0 saturated carbocycles. The molecule has 0 fully saturated rings. The summed E-state index contributed by atoms with van der Waals surface area (Å²) < 4.78 is 5.31. The van der Waals surface area contributed by atoms with Gasteiger partial charge < -0.3 is 15.1 Å². The minimum atomic E-state index is -0.549. The van der Waals surface area contributed by atoms with Crippen molar-refractivity contribution in [1.82, 2.24) is 9.97 Å². The zero-order chi connectivity index (χ0) is 18.3. The number of hydrogen-bond donors (Lipinski definition) is 3. The van der Waals surface area contributed by atoms with E-state index in [2.05, 4.69) is 15.3 Å². The van der Waals surface area contributed by atoms with Gasteiger partial charge in [-0.3, -0.25) is 14.9 Å². The first-order valence-corrected chi connectivity index (χ1v) is 8.70. The number of amides is 2. The zero-order valence-electron chi connectivity index (χ0n) is 13.1. The number of nitrogens with two attached hydrogens (primary N) is 1. The molecule has 0 spiro atoms. The number of H-pyrrole nitrogens is 1. The minimum absolute atomic E-state index is 0.294. The van der Waals surface area contributed by atoms with Crippen molar-refractivity contribution >= 4 is 50.9 Å². The minimum Gasteiger partial charge on any atom is -0.463 e. The Hall–Kier alpha value is -3.10. The lowest BCUT2D eigenvalue weighted by atomic mass is 10.1. The van der Waals surface area contributed by atoms with E-state index in [9.17, 15) is 9.59 Å². The summed E-state index contributed by atoms with van der Waals surface area (Å²) in [4.78, 5) is 30.9. The smallest absolute Gasteiger partial charge is 0.265 e. The number of carbonyl (C=O) groups excluding carboxylic acids is 2. The van der Waals surface area contributed by atoms with Crippen LogP contribution >= 0.6 is 22.9 Å². The van der Waals surface area contributed by atoms with E-state index in [0.717, 1.165) is 0 Å². The number of nitrogens with one attached hydrogen (secondary N) is 2. The third kappa shape index (κ3) is 2.85. The highest BCUT2D eigenvalue weighted by atomic mass is 35.5. The van der Waals surface area contributed by atoms with E-state index < -0.39 is 5.91 Å². The maximum atomic E-state index is 12.6. The van der Waals surface area contributed by atoms with Gasteiger partial charge in [0.15, 0.2) is 10.7 Å². The standard InChI is InChI=1S/C17H11ClN4O3S/c18-11-2-1-10(9-3-4-25-14(9)11)16(24)22-17-21-13(7-26-17)8-5-12(15(19)23)20-6-8/h1-7,20H,(H2,19,23)(H,21,22,24). The summed E-state index contributed by atoms with van der Waals surface area (Å²) in [6.45, 7) is 0. The number of thiazole rings is 1. The van der Waals surface area contributed by atoms with Crippen molar-refractivity contribution in [3.05, 3.63) is 58.4 Å². The molecule has 0 aliphatic carbocycles. The molecule has 2 amide bonds. The van der Waals surface area contributed by atoms with Gasteiger partial charge in [-0.15, -0.1) is 11.3 Å². The second-order valence-electron chi connectivity index (χ2n) is 5.42. The SMILES string of the molecule is NC(=O)c1cc(-c2csc(NC(=O)c3ccc(Cl)c4occc34)n2)c[nH]1. The summed E-state index contributed by atoms with van der Waals surface area (Å²) in [5, 5.41) is 6.04. The number of aromatic amines is 1. The maximum absolute atomic E-state index is 12.6. The number of rotatable bonds is 4. The van der Waals surface area contributed by atoms with Crippen LogP contribution in [0.5, 0.6) is 0 Å². The summed E-state index contributed by atoms with van der Waals surface area (Å²) in [5.41, 5.74) is 7.75. The van der Waals surface area contributed by atoms with Gasteiger partial charge in [0.1, 0.15) is 5.69 Å². The van der Waals surface area contributed by atoms with Gasteiger partial charge in [-0.1, -0.05) is 11.6 Å². The number of anilines is 1. The van der Waals surface area contributed by atoms with Crippen LogP contribution in [-0.2, 0) is 0 Å². The monoisotopic (exact) mass is 386 g/mol. The van der Waals surface area contributed by atoms with Crippen molar-refractivity contribution in [1.29, 1.82) is 0 Å². The predicted molar refractivity (Wildman–Crippen MR) is 99.6 cm³/mol. The Kier molecular flexibility index (Phi) is 3.98. The number of carbonyl (C=O) groups is 2. The number of nitrogens with zero attached hydrogens (tertiary/aromatic N) is 1. The first kappa shape index (κ1) is 16.4. The van der Waals surface area contributed by atoms with E-state index in [4.69, 9.17) is 21.8 Å². The lowest BCUT2D eigenvalue weighted by Gasteiger charge is -2.03. The van der Waals surface area contributed by atoms with Crippen molar-refractivity contribution < 1.29 is 14.0 Å². The molecule has 1 aromatic carbocycles. The molecule has 4 N–H and O–H groups in total.